The van der Waals surface area contributed by atoms with E-state index in [0.29, 0.717) is 69.3 Å². The number of hydrogen-bond donors (Lipinski definition) is 0. The molecule has 2 amide bonds. The average Bonchev–Trinajstić information content (AvgIpc) is 2.73. The van der Waals surface area contributed by atoms with Crippen molar-refractivity contribution in [3.05, 3.63) is 23.8 Å². The molecule has 2 saturated heterocycles. The zero-order valence-corrected chi connectivity index (χ0v) is 15.4. The number of methoxy groups -OCH3 is 2. The van der Waals surface area contributed by atoms with Crippen molar-refractivity contribution >= 4 is 11.8 Å². The van der Waals surface area contributed by atoms with Gasteiger partial charge in [-0.15, -0.1) is 0 Å². The van der Waals surface area contributed by atoms with Gasteiger partial charge in [0.1, 0.15) is 0 Å². The van der Waals surface area contributed by atoms with Gasteiger partial charge < -0.3 is 24.0 Å². The maximum absolute atomic E-state index is 12.8. The smallest absolute Gasteiger partial charge is 0.253 e. The van der Waals surface area contributed by atoms with Crippen LogP contribution < -0.4 is 9.47 Å². The summed E-state index contributed by atoms with van der Waals surface area (Å²) in [6.45, 7) is 3.75. The van der Waals surface area contributed by atoms with Crippen molar-refractivity contribution in [2.75, 3.05) is 53.6 Å². The van der Waals surface area contributed by atoms with E-state index in [0.717, 1.165) is 0 Å². The van der Waals surface area contributed by atoms with Gasteiger partial charge in [0.15, 0.2) is 11.5 Å². The number of nitrogens with zero attached hydrogens (tertiary/aromatic N) is 2. The predicted octanol–water partition coefficient (Wildman–Crippen LogP) is 1.41. The van der Waals surface area contributed by atoms with Crippen LogP contribution >= 0.6 is 0 Å². The molecule has 0 aliphatic carbocycles. The molecule has 2 aliphatic heterocycles. The summed E-state index contributed by atoms with van der Waals surface area (Å²) in [6, 6.07) is 5.18. The van der Waals surface area contributed by atoms with Crippen LogP contribution in [0.4, 0.5) is 0 Å². The third-order valence-electron chi connectivity index (χ3n) is 5.08. The maximum Gasteiger partial charge on any atom is 0.253 e. The fraction of sp³-hybridized carbons (Fsp3) is 0.579. The molecule has 1 aromatic carbocycles. The molecular weight excluding hydrogens is 336 g/mol. The number of amides is 2. The van der Waals surface area contributed by atoms with E-state index in [1.54, 1.807) is 32.4 Å². The summed E-state index contributed by atoms with van der Waals surface area (Å²) < 4.78 is 15.8. The molecule has 0 atom stereocenters. The number of rotatable bonds is 4. The predicted molar refractivity (Wildman–Crippen MR) is 95.6 cm³/mol. The van der Waals surface area contributed by atoms with Gasteiger partial charge >= 0.3 is 0 Å². The van der Waals surface area contributed by atoms with Crippen LogP contribution in [0.5, 0.6) is 11.5 Å². The van der Waals surface area contributed by atoms with Crippen molar-refractivity contribution in [1.29, 1.82) is 0 Å². The number of benzene rings is 1. The number of piperidine rings is 1. The van der Waals surface area contributed by atoms with Crippen LogP contribution in [0, 0.1) is 5.92 Å². The second kappa shape index (κ2) is 8.40. The van der Waals surface area contributed by atoms with Gasteiger partial charge in [0.25, 0.3) is 5.91 Å². The first kappa shape index (κ1) is 18.5. The van der Waals surface area contributed by atoms with Gasteiger partial charge in [-0.05, 0) is 31.0 Å². The number of morpholine rings is 1. The second-order valence-corrected chi connectivity index (χ2v) is 6.57. The van der Waals surface area contributed by atoms with Crippen LogP contribution in [0.1, 0.15) is 23.2 Å². The summed E-state index contributed by atoms with van der Waals surface area (Å²) in [6.07, 6.45) is 1.41. The lowest BCUT2D eigenvalue weighted by molar-refractivity contribution is -0.141. The van der Waals surface area contributed by atoms with Crippen molar-refractivity contribution in [2.45, 2.75) is 12.8 Å². The molecule has 0 radical (unpaired) electrons. The summed E-state index contributed by atoms with van der Waals surface area (Å²) in [5, 5.41) is 0. The van der Waals surface area contributed by atoms with E-state index in [1.165, 1.54) is 0 Å². The van der Waals surface area contributed by atoms with Crippen LogP contribution in [-0.2, 0) is 9.53 Å². The van der Waals surface area contributed by atoms with Crippen molar-refractivity contribution < 1.29 is 23.8 Å². The molecule has 0 unspecified atom stereocenters. The van der Waals surface area contributed by atoms with Crippen LogP contribution in [0.25, 0.3) is 0 Å². The molecular formula is C19H26N2O5. The van der Waals surface area contributed by atoms with E-state index in [4.69, 9.17) is 14.2 Å². The standard InChI is InChI=1S/C19H26N2O5/c1-24-16-4-3-15(13-17(16)25-2)19(23)20-7-5-14(6-8-20)18(22)21-9-11-26-12-10-21/h3-4,13-14H,5-12H2,1-2H3. The lowest BCUT2D eigenvalue weighted by atomic mass is 9.94. The molecule has 0 N–H and O–H groups in total. The molecule has 2 aliphatic rings. The zero-order chi connectivity index (χ0) is 18.5. The van der Waals surface area contributed by atoms with E-state index < -0.39 is 0 Å². The highest BCUT2D eigenvalue weighted by Gasteiger charge is 2.31. The fourth-order valence-electron chi connectivity index (χ4n) is 3.52. The highest BCUT2D eigenvalue weighted by Crippen LogP contribution is 2.29. The van der Waals surface area contributed by atoms with Crippen molar-refractivity contribution in [1.82, 2.24) is 9.80 Å². The summed E-state index contributed by atoms with van der Waals surface area (Å²) in [5.41, 5.74) is 0.570. The Morgan fingerprint density at radius 2 is 1.62 bits per heavy atom. The first-order chi connectivity index (χ1) is 12.6. The zero-order valence-electron chi connectivity index (χ0n) is 15.4. The molecule has 0 aromatic heterocycles. The Bertz CT molecular complexity index is 649. The van der Waals surface area contributed by atoms with Crippen LogP contribution in [-0.4, -0.2) is 75.2 Å². The molecule has 0 spiro atoms. The molecule has 7 nitrogen and oxygen atoms in total. The van der Waals surface area contributed by atoms with Crippen molar-refractivity contribution in [3.8, 4) is 11.5 Å². The second-order valence-electron chi connectivity index (χ2n) is 6.57. The van der Waals surface area contributed by atoms with Gasteiger partial charge in [0.05, 0.1) is 27.4 Å². The molecule has 2 fully saturated rings. The normalized spacial score (nSPS) is 18.5. The van der Waals surface area contributed by atoms with Gasteiger partial charge in [-0.3, -0.25) is 9.59 Å². The molecule has 142 valence electrons. The first-order valence-corrected chi connectivity index (χ1v) is 9.02. The Morgan fingerprint density at radius 3 is 2.23 bits per heavy atom. The first-order valence-electron chi connectivity index (χ1n) is 9.02. The maximum atomic E-state index is 12.8. The SMILES string of the molecule is COc1ccc(C(=O)N2CCC(C(=O)N3CCOCC3)CC2)cc1OC. The Morgan fingerprint density at radius 1 is 0.962 bits per heavy atom. The minimum atomic E-state index is -0.0387. The highest BCUT2D eigenvalue weighted by atomic mass is 16.5. The van der Waals surface area contributed by atoms with Crippen LogP contribution in [0.3, 0.4) is 0 Å². The van der Waals surface area contributed by atoms with E-state index >= 15 is 0 Å². The Labute approximate surface area is 153 Å². The minimum absolute atomic E-state index is 0.00236. The summed E-state index contributed by atoms with van der Waals surface area (Å²) >= 11 is 0. The van der Waals surface area contributed by atoms with Gasteiger partial charge in [0.2, 0.25) is 5.91 Å². The molecule has 0 saturated carbocycles. The summed E-state index contributed by atoms with van der Waals surface area (Å²) in [4.78, 5) is 29.1. The lowest BCUT2D eigenvalue weighted by Gasteiger charge is -2.35. The third kappa shape index (κ3) is 3.93. The quantitative estimate of drug-likeness (QED) is 0.810. The lowest BCUT2D eigenvalue weighted by Crippen LogP contribution is -2.47. The summed E-state index contributed by atoms with van der Waals surface area (Å²) in [5.74, 6) is 1.30. The minimum Gasteiger partial charge on any atom is -0.493 e. The topological polar surface area (TPSA) is 68.3 Å². The number of ether oxygens (including phenoxy) is 3. The Hall–Kier alpha value is -2.28. The van der Waals surface area contributed by atoms with Crippen molar-refractivity contribution in [2.24, 2.45) is 5.92 Å². The number of carbonyl (C=O) groups is 2. The number of likely N-dealkylation sites (tertiary alicyclic amines) is 1. The van der Waals surface area contributed by atoms with E-state index in [2.05, 4.69) is 0 Å². The van der Waals surface area contributed by atoms with Crippen LogP contribution in [0.2, 0.25) is 0 Å². The Balaban J connectivity index is 1.59. The molecule has 2 heterocycles. The van der Waals surface area contributed by atoms with Gasteiger partial charge in [-0.1, -0.05) is 0 Å². The highest BCUT2D eigenvalue weighted by molar-refractivity contribution is 5.95. The van der Waals surface area contributed by atoms with Gasteiger partial charge in [-0.2, -0.15) is 0 Å². The Kier molecular flexibility index (Phi) is 5.98. The number of carbonyl (C=O) groups excluding carboxylic acids is 2. The van der Waals surface area contributed by atoms with Crippen LogP contribution in [0.15, 0.2) is 18.2 Å². The third-order valence-corrected chi connectivity index (χ3v) is 5.08. The molecule has 26 heavy (non-hydrogen) atoms. The molecule has 1 aromatic rings. The largest absolute Gasteiger partial charge is 0.493 e. The van der Waals surface area contributed by atoms with E-state index in [9.17, 15) is 9.59 Å². The molecule has 7 heteroatoms. The van der Waals surface area contributed by atoms with E-state index in [-0.39, 0.29) is 17.7 Å². The van der Waals surface area contributed by atoms with Gasteiger partial charge in [0, 0.05) is 37.7 Å². The fourth-order valence-corrected chi connectivity index (χ4v) is 3.52. The molecule has 3 rings (SSSR count). The van der Waals surface area contributed by atoms with Crippen molar-refractivity contribution in [3.63, 3.8) is 0 Å². The van der Waals surface area contributed by atoms with E-state index in [1.807, 2.05) is 9.80 Å². The van der Waals surface area contributed by atoms with Gasteiger partial charge in [-0.25, -0.2) is 0 Å². The summed E-state index contributed by atoms with van der Waals surface area (Å²) in [7, 11) is 3.12. The monoisotopic (exact) mass is 362 g/mol. The number of hydrogen-bond acceptors (Lipinski definition) is 5. The average molecular weight is 362 g/mol. The molecule has 0 bridgehead atoms.